The van der Waals surface area contributed by atoms with Gasteiger partial charge in [0, 0.05) is 18.1 Å². The van der Waals surface area contributed by atoms with Gasteiger partial charge in [0.1, 0.15) is 5.82 Å². The third-order valence-corrected chi connectivity index (χ3v) is 6.47. The zero-order valence-electron chi connectivity index (χ0n) is 18.0. The van der Waals surface area contributed by atoms with Crippen molar-refractivity contribution >= 4 is 28.1 Å². The lowest BCUT2D eigenvalue weighted by atomic mass is 9.71. The largest absolute Gasteiger partial charge is 0.434 e. The topological polar surface area (TPSA) is 37.8 Å². The van der Waals surface area contributed by atoms with Crippen LogP contribution in [-0.2, 0) is 17.8 Å². The number of anilines is 1. The van der Waals surface area contributed by atoms with E-state index in [1.165, 1.54) is 18.3 Å². The van der Waals surface area contributed by atoms with Gasteiger partial charge >= 0.3 is 12.4 Å². The maximum atomic E-state index is 14.6. The van der Waals surface area contributed by atoms with E-state index < -0.39 is 34.8 Å². The summed E-state index contributed by atoms with van der Waals surface area (Å²) in [6.07, 6.45) is -8.24. The molecule has 2 heterocycles. The first-order chi connectivity index (χ1) is 16.9. The van der Waals surface area contributed by atoms with E-state index in [1.54, 1.807) is 30.3 Å². The number of benzene rings is 2. The van der Waals surface area contributed by atoms with E-state index >= 15 is 0 Å². The van der Waals surface area contributed by atoms with Gasteiger partial charge in [0.05, 0.1) is 21.7 Å². The molecule has 3 nitrogen and oxygen atoms in total. The Kier molecular flexibility index (Phi) is 6.98. The summed E-state index contributed by atoms with van der Waals surface area (Å²) >= 11 is 6.66. The van der Waals surface area contributed by atoms with Crippen molar-refractivity contribution in [1.29, 1.82) is 0 Å². The second-order valence-corrected chi connectivity index (χ2v) is 9.04. The van der Waals surface area contributed by atoms with E-state index in [1.807, 2.05) is 0 Å². The molecule has 4 rings (SSSR count). The standard InChI is InChI=1S/C24H15ClF7N3S/c25-17-6-7-19(33-11-17)22(14-4-2-1-3-5-14,13-34-21-35-20(12-36-21)24(30,31)32)15-8-16(23(27,28)29)10-18(26)9-15/h1-12H,13H2,(H,34,35). The van der Waals surface area contributed by atoms with Crippen LogP contribution < -0.4 is 5.32 Å². The third-order valence-electron chi connectivity index (χ3n) is 5.45. The quantitative estimate of drug-likeness (QED) is 0.251. The molecule has 0 aliphatic heterocycles. The number of pyridine rings is 1. The highest BCUT2D eigenvalue weighted by Gasteiger charge is 2.41. The third kappa shape index (κ3) is 5.31. The molecular weight excluding hydrogens is 531 g/mol. The molecule has 0 amide bonds. The van der Waals surface area contributed by atoms with Crippen LogP contribution in [0, 0.1) is 5.82 Å². The van der Waals surface area contributed by atoms with Gasteiger partial charge in [0.15, 0.2) is 10.8 Å². The van der Waals surface area contributed by atoms with Gasteiger partial charge in [-0.1, -0.05) is 41.9 Å². The molecule has 0 spiro atoms. The summed E-state index contributed by atoms with van der Waals surface area (Å²) in [5.74, 6) is -1.14. The molecule has 36 heavy (non-hydrogen) atoms. The minimum absolute atomic E-state index is 0.115. The average molecular weight is 546 g/mol. The number of hydrogen-bond donors (Lipinski definition) is 1. The first-order valence-electron chi connectivity index (χ1n) is 10.2. The monoisotopic (exact) mass is 545 g/mol. The van der Waals surface area contributed by atoms with Crippen LogP contribution in [-0.4, -0.2) is 16.5 Å². The highest BCUT2D eigenvalue weighted by molar-refractivity contribution is 7.13. The fourth-order valence-corrected chi connectivity index (χ4v) is 4.63. The van der Waals surface area contributed by atoms with Crippen molar-refractivity contribution in [2.75, 3.05) is 11.9 Å². The molecule has 0 saturated carbocycles. The molecule has 2 aromatic carbocycles. The van der Waals surface area contributed by atoms with Crippen LogP contribution in [0.5, 0.6) is 0 Å². The highest BCUT2D eigenvalue weighted by Crippen LogP contribution is 2.42. The molecule has 0 aliphatic carbocycles. The van der Waals surface area contributed by atoms with E-state index in [9.17, 15) is 30.7 Å². The Morgan fingerprint density at radius 3 is 2.08 bits per heavy atom. The summed E-state index contributed by atoms with van der Waals surface area (Å²) in [5.41, 5.74) is -3.42. The van der Waals surface area contributed by atoms with Gasteiger partial charge in [-0.25, -0.2) is 9.37 Å². The number of aromatic nitrogens is 2. The van der Waals surface area contributed by atoms with Gasteiger partial charge in [-0.05, 0) is 41.5 Å². The lowest BCUT2D eigenvalue weighted by Gasteiger charge is -2.35. The fraction of sp³-hybridized carbons (Fsp3) is 0.167. The number of thiazole rings is 1. The van der Waals surface area contributed by atoms with Gasteiger partial charge in [-0.15, -0.1) is 11.3 Å². The Labute approximate surface area is 209 Å². The lowest BCUT2D eigenvalue weighted by molar-refractivity contribution is -0.140. The second-order valence-electron chi connectivity index (χ2n) is 7.75. The molecule has 0 aliphatic rings. The molecule has 2 aromatic heterocycles. The molecule has 0 bridgehead atoms. The van der Waals surface area contributed by atoms with Gasteiger partial charge in [0.2, 0.25) is 0 Å². The number of halogens is 8. The minimum Gasteiger partial charge on any atom is -0.360 e. The van der Waals surface area contributed by atoms with Gasteiger partial charge in [-0.2, -0.15) is 26.3 Å². The minimum atomic E-state index is -4.85. The molecule has 1 atom stereocenters. The van der Waals surface area contributed by atoms with Gasteiger partial charge in [0.25, 0.3) is 0 Å². The lowest BCUT2D eigenvalue weighted by Crippen LogP contribution is -2.38. The van der Waals surface area contributed by atoms with Crippen LogP contribution >= 0.6 is 22.9 Å². The summed E-state index contributed by atoms with van der Waals surface area (Å²) in [6, 6.07) is 13.2. The number of nitrogens with one attached hydrogen (secondary N) is 1. The van der Waals surface area contributed by atoms with Crippen molar-refractivity contribution in [3.8, 4) is 0 Å². The van der Waals surface area contributed by atoms with Crippen LogP contribution in [0.3, 0.4) is 0 Å². The molecule has 4 aromatic rings. The Morgan fingerprint density at radius 2 is 1.50 bits per heavy atom. The van der Waals surface area contributed by atoms with Crippen molar-refractivity contribution in [3.05, 3.63) is 111 Å². The Bertz CT molecular complexity index is 1340. The first kappa shape index (κ1) is 25.9. The Morgan fingerprint density at radius 1 is 0.806 bits per heavy atom. The van der Waals surface area contributed by atoms with Crippen LogP contribution in [0.2, 0.25) is 5.02 Å². The second kappa shape index (κ2) is 9.70. The Balaban J connectivity index is 1.94. The van der Waals surface area contributed by atoms with Crippen LogP contribution in [0.4, 0.5) is 35.9 Å². The summed E-state index contributed by atoms with van der Waals surface area (Å²) in [5, 5.41) is 3.74. The summed E-state index contributed by atoms with van der Waals surface area (Å²) in [6.45, 7) is -0.294. The van der Waals surface area contributed by atoms with Crippen molar-refractivity contribution < 1.29 is 30.7 Å². The number of rotatable bonds is 6. The van der Waals surface area contributed by atoms with E-state index in [0.29, 0.717) is 23.0 Å². The summed E-state index contributed by atoms with van der Waals surface area (Å²) in [7, 11) is 0. The predicted molar refractivity (Wildman–Crippen MR) is 123 cm³/mol. The molecule has 0 radical (unpaired) electrons. The van der Waals surface area contributed by atoms with Crippen molar-refractivity contribution in [2.45, 2.75) is 17.8 Å². The van der Waals surface area contributed by atoms with Crippen molar-refractivity contribution in [2.24, 2.45) is 0 Å². The van der Waals surface area contributed by atoms with Gasteiger partial charge < -0.3 is 5.32 Å². The molecule has 1 N–H and O–H groups in total. The van der Waals surface area contributed by atoms with Gasteiger partial charge in [-0.3, -0.25) is 4.98 Å². The van der Waals surface area contributed by atoms with E-state index in [4.69, 9.17) is 11.6 Å². The molecule has 0 saturated heterocycles. The summed E-state index contributed by atoms with van der Waals surface area (Å²) < 4.78 is 94.6. The molecule has 12 heteroatoms. The zero-order chi connectivity index (χ0) is 26.1. The van der Waals surface area contributed by atoms with Crippen molar-refractivity contribution in [1.82, 2.24) is 9.97 Å². The van der Waals surface area contributed by atoms with Crippen LogP contribution in [0.1, 0.15) is 28.1 Å². The Hall–Kier alpha value is -3.18. The summed E-state index contributed by atoms with van der Waals surface area (Å²) in [4.78, 5) is 7.85. The fourth-order valence-electron chi connectivity index (χ4n) is 3.80. The number of hydrogen-bond acceptors (Lipinski definition) is 4. The van der Waals surface area contributed by atoms with Crippen LogP contribution in [0.15, 0.2) is 72.2 Å². The predicted octanol–water partition coefficient (Wildman–Crippen LogP) is 7.81. The maximum Gasteiger partial charge on any atom is 0.434 e. The molecule has 188 valence electrons. The maximum absolute atomic E-state index is 14.6. The number of alkyl halides is 6. The van der Waals surface area contributed by atoms with Crippen molar-refractivity contribution in [3.63, 3.8) is 0 Å². The SMILES string of the molecule is Fc1cc(C(F)(F)F)cc(C(CNc2nc(C(F)(F)F)cs2)(c2ccccc2)c2ccc(Cl)cn2)c1. The zero-order valence-corrected chi connectivity index (χ0v) is 19.5. The average Bonchev–Trinajstić information content (AvgIpc) is 3.30. The van der Waals surface area contributed by atoms with Crippen LogP contribution in [0.25, 0.3) is 0 Å². The number of nitrogens with zero attached hydrogens (tertiary/aromatic N) is 2. The molecular formula is C24H15ClF7N3S. The highest BCUT2D eigenvalue weighted by atomic mass is 35.5. The van der Waals surface area contributed by atoms with E-state index in [-0.39, 0.29) is 28.0 Å². The molecule has 1 unspecified atom stereocenters. The molecule has 0 fully saturated rings. The normalized spacial score (nSPS) is 13.9. The first-order valence-corrected chi connectivity index (χ1v) is 11.5. The smallest absolute Gasteiger partial charge is 0.360 e. The van der Waals surface area contributed by atoms with E-state index in [0.717, 1.165) is 17.5 Å². The van der Waals surface area contributed by atoms with E-state index in [2.05, 4.69) is 15.3 Å².